The molecule has 0 bridgehead atoms. The smallest absolute Gasteiger partial charge is 0.186 e. The van der Waals surface area contributed by atoms with Crippen molar-refractivity contribution in [1.29, 1.82) is 0 Å². The van der Waals surface area contributed by atoms with E-state index < -0.39 is 6.10 Å². The van der Waals surface area contributed by atoms with Gasteiger partial charge in [0.1, 0.15) is 11.9 Å². The summed E-state index contributed by atoms with van der Waals surface area (Å²) in [5, 5.41) is 9.63. The minimum atomic E-state index is -0.879. The quantitative estimate of drug-likeness (QED) is 0.798. The molecule has 3 nitrogen and oxygen atoms in total. The van der Waals surface area contributed by atoms with Crippen molar-refractivity contribution >= 4 is 11.6 Å². The first kappa shape index (κ1) is 13.1. The lowest BCUT2D eigenvalue weighted by Gasteiger charge is -2.36. The molecular formula is C13H20O3. The van der Waals surface area contributed by atoms with Crippen LogP contribution >= 0.6 is 0 Å². The molecule has 1 aliphatic rings. The first-order valence-electron chi connectivity index (χ1n) is 5.67. The zero-order chi connectivity index (χ0) is 12.5. The maximum absolute atomic E-state index is 11.7. The van der Waals surface area contributed by atoms with Gasteiger partial charge >= 0.3 is 0 Å². The molecule has 0 radical (unpaired) electrons. The highest BCUT2D eigenvalue weighted by Crippen LogP contribution is 2.41. The van der Waals surface area contributed by atoms with Gasteiger partial charge in [-0.3, -0.25) is 4.79 Å². The van der Waals surface area contributed by atoms with E-state index in [0.717, 1.165) is 5.57 Å². The van der Waals surface area contributed by atoms with E-state index in [-0.39, 0.29) is 17.0 Å². The van der Waals surface area contributed by atoms with E-state index in [1.54, 1.807) is 13.8 Å². The summed E-state index contributed by atoms with van der Waals surface area (Å²) < 4.78 is 0. The molecule has 90 valence electrons. The van der Waals surface area contributed by atoms with Crippen molar-refractivity contribution in [2.75, 3.05) is 0 Å². The van der Waals surface area contributed by atoms with Crippen molar-refractivity contribution in [2.24, 2.45) is 5.41 Å². The van der Waals surface area contributed by atoms with Crippen LogP contribution in [0, 0.1) is 5.41 Å². The predicted molar refractivity (Wildman–Crippen MR) is 62.0 cm³/mol. The molecule has 1 aliphatic carbocycles. The third-order valence-electron chi connectivity index (χ3n) is 3.37. The predicted octanol–water partition coefficient (Wildman–Crippen LogP) is 2.03. The van der Waals surface area contributed by atoms with Crippen molar-refractivity contribution in [3.63, 3.8) is 0 Å². The van der Waals surface area contributed by atoms with Crippen LogP contribution in [-0.4, -0.2) is 22.8 Å². The van der Waals surface area contributed by atoms with E-state index >= 15 is 0 Å². The minimum Gasteiger partial charge on any atom is -0.385 e. The van der Waals surface area contributed by atoms with E-state index in [2.05, 4.69) is 0 Å². The summed E-state index contributed by atoms with van der Waals surface area (Å²) in [4.78, 5) is 22.7. The van der Waals surface area contributed by atoms with Crippen LogP contribution in [0.4, 0.5) is 0 Å². The van der Waals surface area contributed by atoms with Crippen molar-refractivity contribution < 1.29 is 14.7 Å². The van der Waals surface area contributed by atoms with Gasteiger partial charge in [-0.25, -0.2) is 0 Å². The number of aliphatic hydroxyl groups excluding tert-OH is 1. The van der Waals surface area contributed by atoms with E-state index in [4.69, 9.17) is 0 Å². The molecule has 0 spiro atoms. The van der Waals surface area contributed by atoms with Crippen molar-refractivity contribution in [3.8, 4) is 0 Å². The molecule has 0 aromatic carbocycles. The van der Waals surface area contributed by atoms with Gasteiger partial charge in [0, 0.05) is 6.42 Å². The van der Waals surface area contributed by atoms with Crippen LogP contribution in [0.2, 0.25) is 0 Å². The lowest BCUT2D eigenvalue weighted by molar-refractivity contribution is -0.126. The fourth-order valence-corrected chi connectivity index (χ4v) is 2.43. The maximum atomic E-state index is 11.7. The maximum Gasteiger partial charge on any atom is 0.186 e. The van der Waals surface area contributed by atoms with Gasteiger partial charge in [-0.1, -0.05) is 19.4 Å². The number of hydrogen-bond donors (Lipinski definition) is 1. The number of Topliss-reactive ketones (excluding diaryl/α,β-unsaturated/α-hetero) is 2. The highest BCUT2D eigenvalue weighted by atomic mass is 16.3. The summed E-state index contributed by atoms with van der Waals surface area (Å²) in [6, 6.07) is 0. The second-order valence-electron chi connectivity index (χ2n) is 5.27. The number of ketones is 2. The second kappa shape index (κ2) is 4.50. The average molecular weight is 224 g/mol. The molecule has 0 fully saturated rings. The highest BCUT2D eigenvalue weighted by molar-refractivity contribution is 6.00. The molecule has 1 atom stereocenters. The summed E-state index contributed by atoms with van der Waals surface area (Å²) >= 11 is 0. The van der Waals surface area contributed by atoms with Gasteiger partial charge in [-0.05, 0) is 37.7 Å². The lowest BCUT2D eigenvalue weighted by atomic mass is 9.69. The van der Waals surface area contributed by atoms with Gasteiger partial charge in [0.25, 0.3) is 0 Å². The lowest BCUT2D eigenvalue weighted by Crippen LogP contribution is -2.36. The summed E-state index contributed by atoms with van der Waals surface area (Å²) in [5.74, 6) is -0.0486. The molecule has 0 saturated carbocycles. The topological polar surface area (TPSA) is 54.4 Å². The molecule has 1 N–H and O–H groups in total. The largest absolute Gasteiger partial charge is 0.385 e. The van der Waals surface area contributed by atoms with Gasteiger partial charge < -0.3 is 9.90 Å². The Bertz CT molecular complexity index is 350. The summed E-state index contributed by atoms with van der Waals surface area (Å²) in [6.07, 6.45) is 0.679. The number of carbonyl (C=O) groups excluding carboxylic acids is 2. The average Bonchev–Trinajstić information content (AvgIpc) is 2.12. The Morgan fingerprint density at radius 1 is 1.50 bits per heavy atom. The van der Waals surface area contributed by atoms with E-state index in [1.807, 2.05) is 13.8 Å². The normalized spacial score (nSPS) is 24.8. The Kier molecular flexibility index (Phi) is 3.68. The Balaban J connectivity index is 2.99. The van der Waals surface area contributed by atoms with E-state index in [1.165, 1.54) is 0 Å². The Hall–Kier alpha value is -0.960. The number of hydrogen-bond acceptors (Lipinski definition) is 3. The third-order valence-corrected chi connectivity index (χ3v) is 3.37. The zero-order valence-corrected chi connectivity index (χ0v) is 10.5. The molecule has 0 aromatic heterocycles. The van der Waals surface area contributed by atoms with Gasteiger partial charge in [-0.2, -0.15) is 0 Å². The number of rotatable bonds is 3. The zero-order valence-electron chi connectivity index (χ0n) is 10.5. The fourth-order valence-electron chi connectivity index (χ4n) is 2.43. The molecule has 0 heterocycles. The molecule has 0 amide bonds. The molecular weight excluding hydrogens is 204 g/mol. The molecule has 3 heteroatoms. The Morgan fingerprint density at radius 3 is 2.56 bits per heavy atom. The molecule has 1 unspecified atom stereocenters. The molecule has 0 aliphatic heterocycles. The third kappa shape index (κ3) is 2.59. The highest BCUT2D eigenvalue weighted by Gasteiger charge is 2.37. The van der Waals surface area contributed by atoms with Gasteiger partial charge in [0.05, 0.1) is 0 Å². The number of allylic oxidation sites excluding steroid dienone is 1. The summed E-state index contributed by atoms with van der Waals surface area (Å²) in [5.41, 5.74) is 1.48. The Morgan fingerprint density at radius 2 is 2.06 bits per heavy atom. The second-order valence-corrected chi connectivity index (χ2v) is 5.27. The van der Waals surface area contributed by atoms with Crippen molar-refractivity contribution in [1.82, 2.24) is 0 Å². The standard InChI is InChI=1S/C13H20O3/c1-8(14)5-6-10-9(2)12(16)11(15)7-13(10,3)4/h11,15H,5-7H2,1-4H3. The molecule has 0 saturated heterocycles. The van der Waals surface area contributed by atoms with Crippen LogP contribution in [-0.2, 0) is 9.59 Å². The van der Waals surface area contributed by atoms with Gasteiger partial charge in [0.15, 0.2) is 5.78 Å². The van der Waals surface area contributed by atoms with Crippen LogP contribution in [0.5, 0.6) is 0 Å². The van der Waals surface area contributed by atoms with Crippen LogP contribution in [0.3, 0.4) is 0 Å². The number of carbonyl (C=O) groups is 2. The van der Waals surface area contributed by atoms with E-state index in [9.17, 15) is 14.7 Å². The Labute approximate surface area is 96.5 Å². The van der Waals surface area contributed by atoms with Crippen molar-refractivity contribution in [2.45, 2.75) is 53.1 Å². The fraction of sp³-hybridized carbons (Fsp3) is 0.692. The summed E-state index contributed by atoms with van der Waals surface area (Å²) in [6.45, 7) is 7.34. The first-order valence-corrected chi connectivity index (χ1v) is 5.67. The SMILES string of the molecule is CC(=O)CCC1=C(C)C(=O)C(O)CC1(C)C. The molecule has 0 aromatic rings. The first-order chi connectivity index (χ1) is 7.25. The summed E-state index contributed by atoms with van der Waals surface area (Å²) in [7, 11) is 0. The van der Waals surface area contributed by atoms with Gasteiger partial charge in [0.2, 0.25) is 0 Å². The van der Waals surface area contributed by atoms with Gasteiger partial charge in [-0.15, -0.1) is 0 Å². The van der Waals surface area contributed by atoms with Crippen LogP contribution in [0.25, 0.3) is 0 Å². The molecule has 16 heavy (non-hydrogen) atoms. The van der Waals surface area contributed by atoms with Crippen LogP contribution in [0.1, 0.15) is 47.0 Å². The van der Waals surface area contributed by atoms with Crippen LogP contribution < -0.4 is 0 Å². The van der Waals surface area contributed by atoms with E-state index in [0.29, 0.717) is 24.8 Å². The monoisotopic (exact) mass is 224 g/mol. The van der Waals surface area contributed by atoms with Crippen molar-refractivity contribution in [3.05, 3.63) is 11.1 Å². The molecule has 1 rings (SSSR count). The minimum absolute atomic E-state index is 0.134. The number of aliphatic hydroxyl groups is 1. The van der Waals surface area contributed by atoms with Crippen LogP contribution in [0.15, 0.2) is 11.1 Å².